The van der Waals surface area contributed by atoms with Crippen LogP contribution < -0.4 is 46.6 Å². The highest BCUT2D eigenvalue weighted by Crippen LogP contribution is 2.41. The SMILES string of the molecule is c1ccc([Si](c2ccccc2)(c2ccccc2)c2cccc3c2nc2n(-c4ccccc4-c4cc5c6c(c4)Oc4ccccc4B6c4ccccc4O5)c4ccccc4n32)cc1. The molecular weight excluding hydrogens is 774 g/mol. The smallest absolute Gasteiger partial charge is 0.260 e. The number of aromatic nitrogens is 3. The van der Waals surface area contributed by atoms with E-state index in [9.17, 15) is 0 Å². The van der Waals surface area contributed by atoms with Crippen molar-refractivity contribution in [1.29, 1.82) is 0 Å². The van der Waals surface area contributed by atoms with Gasteiger partial charge in [-0.15, -0.1) is 0 Å². The van der Waals surface area contributed by atoms with Crippen molar-refractivity contribution in [2.45, 2.75) is 0 Å². The fraction of sp³-hybridized carbons (Fsp3) is 0. The van der Waals surface area contributed by atoms with Gasteiger partial charge in [0.25, 0.3) is 6.71 Å². The number of para-hydroxylation sites is 6. The van der Waals surface area contributed by atoms with Crippen LogP contribution in [0.1, 0.15) is 0 Å². The van der Waals surface area contributed by atoms with Gasteiger partial charge in [0, 0.05) is 11.0 Å². The van der Waals surface area contributed by atoms with Crippen LogP contribution in [-0.4, -0.2) is 28.7 Å². The molecule has 290 valence electrons. The normalized spacial score (nSPS) is 12.7. The van der Waals surface area contributed by atoms with E-state index in [1.807, 2.05) is 12.1 Å². The van der Waals surface area contributed by atoms with Gasteiger partial charge < -0.3 is 9.47 Å². The predicted octanol–water partition coefficient (Wildman–Crippen LogP) is 8.20. The second kappa shape index (κ2) is 13.6. The van der Waals surface area contributed by atoms with E-state index in [1.54, 1.807) is 0 Å². The molecule has 2 aliphatic heterocycles. The standard InChI is InChI=1S/C55H36BN3O2Si/c1-4-19-38(20-5-1)62(39-21-6-2-7-22-39,40-23-8-3-9-24-40)52-34-18-31-47-54(52)57-55-58(45-29-14-15-30-46(45)59(47)55)44-28-13-10-25-41(44)37-35-50-53-51(36-37)61-49-33-17-12-27-43(49)56(53)42-26-11-16-32-48(42)60-50/h1-36H. The van der Waals surface area contributed by atoms with Gasteiger partial charge in [-0.25, -0.2) is 4.98 Å². The topological polar surface area (TPSA) is 40.7 Å². The Morgan fingerprint density at radius 3 is 1.55 bits per heavy atom. The highest BCUT2D eigenvalue weighted by atomic mass is 28.3. The third-order valence-electron chi connectivity index (χ3n) is 13.0. The predicted molar refractivity (Wildman–Crippen MR) is 256 cm³/mol. The first-order valence-electron chi connectivity index (χ1n) is 21.2. The lowest BCUT2D eigenvalue weighted by Crippen LogP contribution is -2.74. The summed E-state index contributed by atoms with van der Waals surface area (Å²) < 4.78 is 18.2. The molecule has 0 saturated heterocycles. The van der Waals surface area contributed by atoms with Crippen molar-refractivity contribution >= 4 is 79.8 Å². The molecule has 7 heteroatoms. The molecule has 0 amide bonds. The average molecular weight is 810 g/mol. The lowest BCUT2D eigenvalue weighted by Gasteiger charge is -2.34. The van der Waals surface area contributed by atoms with Gasteiger partial charge in [-0.1, -0.05) is 170 Å². The Kier molecular flexibility index (Phi) is 7.65. The van der Waals surface area contributed by atoms with E-state index in [2.05, 4.69) is 215 Å². The number of ether oxygens (including phenoxy) is 2. The maximum absolute atomic E-state index is 6.77. The molecule has 0 atom stereocenters. The minimum atomic E-state index is -2.92. The number of hydrogen-bond acceptors (Lipinski definition) is 3. The number of imidazole rings is 2. The van der Waals surface area contributed by atoms with Crippen LogP contribution in [0.25, 0.3) is 44.7 Å². The van der Waals surface area contributed by atoms with Gasteiger partial charge in [0.1, 0.15) is 23.0 Å². The van der Waals surface area contributed by atoms with E-state index < -0.39 is 8.07 Å². The van der Waals surface area contributed by atoms with Crippen molar-refractivity contribution in [1.82, 2.24) is 14.0 Å². The molecule has 0 fully saturated rings. The fourth-order valence-electron chi connectivity index (χ4n) is 10.5. The highest BCUT2D eigenvalue weighted by Gasteiger charge is 2.44. The van der Waals surface area contributed by atoms with Crippen LogP contribution in [0.3, 0.4) is 0 Å². The van der Waals surface area contributed by atoms with E-state index in [0.29, 0.717) is 0 Å². The van der Waals surface area contributed by atoms with Crippen molar-refractivity contribution in [3.05, 3.63) is 218 Å². The molecule has 5 nitrogen and oxygen atoms in total. The van der Waals surface area contributed by atoms with Gasteiger partial charge in [-0.05, 0) is 85.8 Å². The minimum absolute atomic E-state index is 0.0112. The summed E-state index contributed by atoms with van der Waals surface area (Å²) in [7, 11) is -2.92. The Bertz CT molecular complexity index is 3380. The summed E-state index contributed by atoms with van der Waals surface area (Å²) in [6.07, 6.45) is 0. The molecule has 0 unspecified atom stereocenters. The summed E-state index contributed by atoms with van der Waals surface area (Å²) in [6, 6.07) is 78.5. The van der Waals surface area contributed by atoms with Crippen LogP contribution in [0, 0.1) is 0 Å². The Balaban J connectivity index is 1.07. The van der Waals surface area contributed by atoms with Crippen LogP contribution in [-0.2, 0) is 0 Å². The highest BCUT2D eigenvalue weighted by molar-refractivity contribution is 7.20. The molecule has 4 heterocycles. The zero-order chi connectivity index (χ0) is 40.8. The van der Waals surface area contributed by atoms with Crippen molar-refractivity contribution in [3.63, 3.8) is 0 Å². The van der Waals surface area contributed by atoms with Gasteiger partial charge in [-0.2, -0.15) is 0 Å². The Morgan fingerprint density at radius 2 is 0.935 bits per heavy atom. The van der Waals surface area contributed by atoms with Gasteiger partial charge in [0.05, 0.1) is 27.8 Å². The summed E-state index contributed by atoms with van der Waals surface area (Å²) in [5, 5.41) is 5.20. The van der Waals surface area contributed by atoms with Gasteiger partial charge in [0.2, 0.25) is 5.78 Å². The number of hydrogen-bond donors (Lipinski definition) is 0. The molecule has 0 saturated carbocycles. The van der Waals surface area contributed by atoms with E-state index in [0.717, 1.165) is 84.0 Å². The van der Waals surface area contributed by atoms with Crippen molar-refractivity contribution < 1.29 is 9.47 Å². The average Bonchev–Trinajstić information content (AvgIpc) is 3.88. The maximum Gasteiger partial charge on any atom is 0.260 e. The first-order valence-corrected chi connectivity index (χ1v) is 23.2. The van der Waals surface area contributed by atoms with Crippen LogP contribution in [0.2, 0.25) is 0 Å². The zero-order valence-electron chi connectivity index (χ0n) is 33.5. The fourth-order valence-corrected chi connectivity index (χ4v) is 15.4. The quantitative estimate of drug-likeness (QED) is 0.126. The van der Waals surface area contributed by atoms with E-state index in [1.165, 1.54) is 20.7 Å². The molecule has 0 radical (unpaired) electrons. The molecule has 2 aliphatic rings. The summed E-state index contributed by atoms with van der Waals surface area (Å²) in [5.41, 5.74) is 10.7. The molecule has 11 aromatic rings. The lowest BCUT2D eigenvalue weighted by atomic mass is 9.35. The summed E-state index contributed by atoms with van der Waals surface area (Å²) in [5.74, 6) is 4.23. The van der Waals surface area contributed by atoms with Crippen LogP contribution in [0.15, 0.2) is 218 Å². The molecule has 13 rings (SSSR count). The molecule has 0 bridgehead atoms. The summed E-state index contributed by atoms with van der Waals surface area (Å²) in [6.45, 7) is 0.0112. The first-order chi connectivity index (χ1) is 30.8. The monoisotopic (exact) mass is 809 g/mol. The van der Waals surface area contributed by atoms with Crippen molar-refractivity contribution in [3.8, 4) is 39.8 Å². The first kappa shape index (κ1) is 34.9. The van der Waals surface area contributed by atoms with Gasteiger partial charge in [0.15, 0.2) is 8.07 Å². The summed E-state index contributed by atoms with van der Waals surface area (Å²) >= 11 is 0. The largest absolute Gasteiger partial charge is 0.458 e. The second-order valence-corrected chi connectivity index (χ2v) is 20.0. The number of nitrogens with zero attached hydrogens (tertiary/aromatic N) is 3. The van der Waals surface area contributed by atoms with Gasteiger partial charge in [-0.3, -0.25) is 8.97 Å². The maximum atomic E-state index is 6.77. The lowest BCUT2D eigenvalue weighted by molar-refractivity contribution is 0.465. The second-order valence-electron chi connectivity index (χ2n) is 16.2. The Hall–Kier alpha value is -7.87. The third-order valence-corrected chi connectivity index (χ3v) is 17.8. The molecule has 0 spiro atoms. The van der Waals surface area contributed by atoms with Crippen LogP contribution >= 0.6 is 0 Å². The molecule has 62 heavy (non-hydrogen) atoms. The number of rotatable bonds is 6. The van der Waals surface area contributed by atoms with Crippen LogP contribution in [0.5, 0.6) is 23.0 Å². The molecular formula is C55H36BN3O2Si. The van der Waals surface area contributed by atoms with Crippen molar-refractivity contribution in [2.24, 2.45) is 0 Å². The van der Waals surface area contributed by atoms with Crippen LogP contribution in [0.4, 0.5) is 0 Å². The Labute approximate surface area is 359 Å². The molecule has 0 N–H and O–H groups in total. The molecule has 9 aromatic carbocycles. The van der Waals surface area contributed by atoms with Crippen molar-refractivity contribution in [2.75, 3.05) is 0 Å². The van der Waals surface area contributed by atoms with E-state index in [-0.39, 0.29) is 6.71 Å². The number of fused-ring (bicyclic) bond motifs is 9. The zero-order valence-corrected chi connectivity index (χ0v) is 34.5. The van der Waals surface area contributed by atoms with Gasteiger partial charge >= 0.3 is 0 Å². The third kappa shape index (κ3) is 4.94. The van der Waals surface area contributed by atoms with E-state index in [4.69, 9.17) is 14.5 Å². The van der Waals surface area contributed by atoms with E-state index >= 15 is 0 Å². The summed E-state index contributed by atoms with van der Waals surface area (Å²) in [4.78, 5) is 5.79. The molecule has 2 aromatic heterocycles. The minimum Gasteiger partial charge on any atom is -0.458 e. The number of benzene rings is 9. The molecule has 0 aliphatic carbocycles. The Morgan fingerprint density at radius 1 is 0.435 bits per heavy atom.